The van der Waals surface area contributed by atoms with Crippen LogP contribution in [0, 0.1) is 5.92 Å². The number of hydrogen-bond acceptors (Lipinski definition) is 4. The van der Waals surface area contributed by atoms with E-state index in [0.29, 0.717) is 5.92 Å². The molecule has 0 aromatic carbocycles. The Morgan fingerprint density at radius 1 is 1.53 bits per heavy atom. The van der Waals surface area contributed by atoms with Crippen LogP contribution in [0.5, 0.6) is 0 Å². The van der Waals surface area contributed by atoms with Crippen LogP contribution >= 0.6 is 11.3 Å². The molecule has 4 heterocycles. The maximum atomic E-state index is 4.40. The second-order valence-electron chi connectivity index (χ2n) is 5.42. The van der Waals surface area contributed by atoms with Crippen LogP contribution in [0.15, 0.2) is 11.6 Å². The summed E-state index contributed by atoms with van der Waals surface area (Å²) in [6, 6.07) is 0.722. The monoisotopic (exact) mass is 251 g/mol. The lowest BCUT2D eigenvalue weighted by Gasteiger charge is -2.45. The standard InChI is InChI=1S/C13H21N3S/c1-10(13-14-4-7-17-13)8-15-12-9-16-5-2-11(12)3-6-16/h4,7,10-12,15H,2-3,5-6,8-9H2,1H3. The van der Waals surface area contributed by atoms with Crippen LogP contribution in [0.1, 0.15) is 30.7 Å². The lowest BCUT2D eigenvalue weighted by molar-refractivity contribution is 0.0723. The first-order chi connectivity index (χ1) is 8.33. The van der Waals surface area contributed by atoms with Crippen LogP contribution < -0.4 is 5.32 Å². The van der Waals surface area contributed by atoms with Crippen molar-refractivity contribution in [1.29, 1.82) is 0 Å². The second kappa shape index (κ2) is 5.04. The van der Waals surface area contributed by atoms with Gasteiger partial charge >= 0.3 is 0 Å². The summed E-state index contributed by atoms with van der Waals surface area (Å²) in [5.41, 5.74) is 0. The van der Waals surface area contributed by atoms with Crippen molar-refractivity contribution in [2.75, 3.05) is 26.2 Å². The quantitative estimate of drug-likeness (QED) is 0.886. The molecule has 4 rings (SSSR count). The number of hydrogen-bond donors (Lipinski definition) is 1. The summed E-state index contributed by atoms with van der Waals surface area (Å²) in [4.78, 5) is 7.00. The van der Waals surface area contributed by atoms with Gasteiger partial charge in [-0.25, -0.2) is 4.98 Å². The lowest BCUT2D eigenvalue weighted by Crippen LogP contribution is -2.56. The molecule has 2 atom stereocenters. The highest BCUT2D eigenvalue weighted by atomic mass is 32.1. The fourth-order valence-electron chi connectivity index (χ4n) is 3.09. The first-order valence-electron chi connectivity index (χ1n) is 6.68. The lowest BCUT2D eigenvalue weighted by atomic mass is 9.84. The van der Waals surface area contributed by atoms with Gasteiger partial charge in [0.1, 0.15) is 0 Å². The molecule has 1 aromatic heterocycles. The van der Waals surface area contributed by atoms with Gasteiger partial charge in [-0.05, 0) is 31.8 Å². The van der Waals surface area contributed by atoms with Crippen molar-refractivity contribution in [2.24, 2.45) is 5.92 Å². The molecular formula is C13H21N3S. The molecule has 3 saturated heterocycles. The molecule has 0 spiro atoms. The number of thiazole rings is 1. The third-order valence-electron chi connectivity index (χ3n) is 4.22. The maximum absolute atomic E-state index is 4.40. The van der Waals surface area contributed by atoms with Gasteiger partial charge in [0, 0.05) is 36.6 Å². The summed E-state index contributed by atoms with van der Waals surface area (Å²) in [6.07, 6.45) is 4.69. The summed E-state index contributed by atoms with van der Waals surface area (Å²) in [5, 5.41) is 7.10. The molecule has 1 aromatic rings. The normalized spacial score (nSPS) is 33.8. The van der Waals surface area contributed by atoms with Gasteiger partial charge in [-0.3, -0.25) is 0 Å². The van der Waals surface area contributed by atoms with E-state index in [9.17, 15) is 0 Å². The van der Waals surface area contributed by atoms with Crippen molar-refractivity contribution >= 4 is 11.3 Å². The van der Waals surface area contributed by atoms with Gasteiger partial charge in [0.2, 0.25) is 0 Å². The molecule has 3 nitrogen and oxygen atoms in total. The summed E-state index contributed by atoms with van der Waals surface area (Å²) in [5.74, 6) is 1.47. The number of aromatic nitrogens is 1. The summed E-state index contributed by atoms with van der Waals surface area (Å²) < 4.78 is 0. The van der Waals surface area contributed by atoms with Gasteiger partial charge in [0.15, 0.2) is 0 Å². The Bertz CT molecular complexity index is 344. The van der Waals surface area contributed by atoms with E-state index < -0.39 is 0 Å². The zero-order valence-corrected chi connectivity index (χ0v) is 11.2. The van der Waals surface area contributed by atoms with Crippen LogP contribution in [0.25, 0.3) is 0 Å². The van der Waals surface area contributed by atoms with Gasteiger partial charge in [0.05, 0.1) is 5.01 Å². The molecule has 4 heteroatoms. The Morgan fingerprint density at radius 3 is 2.94 bits per heavy atom. The van der Waals surface area contributed by atoms with Crippen molar-refractivity contribution in [3.63, 3.8) is 0 Å². The van der Waals surface area contributed by atoms with Crippen molar-refractivity contribution in [3.05, 3.63) is 16.6 Å². The van der Waals surface area contributed by atoms with Crippen molar-refractivity contribution in [2.45, 2.75) is 31.7 Å². The van der Waals surface area contributed by atoms with E-state index in [0.717, 1.165) is 18.5 Å². The molecule has 3 fully saturated rings. The average molecular weight is 251 g/mol. The molecule has 1 N–H and O–H groups in total. The molecule has 17 heavy (non-hydrogen) atoms. The zero-order valence-electron chi connectivity index (χ0n) is 10.4. The fourth-order valence-corrected chi connectivity index (χ4v) is 3.79. The highest BCUT2D eigenvalue weighted by Crippen LogP contribution is 2.28. The van der Waals surface area contributed by atoms with Crippen molar-refractivity contribution in [3.8, 4) is 0 Å². The van der Waals surface area contributed by atoms with Gasteiger partial charge in [-0.2, -0.15) is 0 Å². The molecule has 0 saturated carbocycles. The van der Waals surface area contributed by atoms with E-state index in [1.807, 2.05) is 6.20 Å². The van der Waals surface area contributed by atoms with Crippen LogP contribution in [0.3, 0.4) is 0 Å². The molecule has 2 bridgehead atoms. The van der Waals surface area contributed by atoms with Gasteiger partial charge < -0.3 is 10.2 Å². The third-order valence-corrected chi connectivity index (χ3v) is 5.22. The van der Waals surface area contributed by atoms with Crippen LogP contribution in [0.2, 0.25) is 0 Å². The Hall–Kier alpha value is -0.450. The van der Waals surface area contributed by atoms with Crippen LogP contribution in [-0.2, 0) is 0 Å². The second-order valence-corrected chi connectivity index (χ2v) is 6.35. The Morgan fingerprint density at radius 2 is 2.35 bits per heavy atom. The first kappa shape index (κ1) is 11.6. The smallest absolute Gasteiger partial charge is 0.0965 e. The largest absolute Gasteiger partial charge is 0.312 e. The van der Waals surface area contributed by atoms with E-state index in [1.165, 1.54) is 37.5 Å². The number of fused-ring (bicyclic) bond motifs is 3. The Kier molecular flexibility index (Phi) is 3.45. The topological polar surface area (TPSA) is 28.2 Å². The molecule has 0 amide bonds. The molecule has 0 radical (unpaired) electrons. The minimum Gasteiger partial charge on any atom is -0.312 e. The average Bonchev–Trinajstić information content (AvgIpc) is 2.91. The van der Waals surface area contributed by atoms with Gasteiger partial charge in [-0.1, -0.05) is 6.92 Å². The first-order valence-corrected chi connectivity index (χ1v) is 7.56. The maximum Gasteiger partial charge on any atom is 0.0965 e. The third kappa shape index (κ3) is 2.54. The van der Waals surface area contributed by atoms with E-state index >= 15 is 0 Å². The molecule has 94 valence electrons. The fraction of sp³-hybridized carbons (Fsp3) is 0.769. The predicted molar refractivity (Wildman–Crippen MR) is 71.5 cm³/mol. The molecular weight excluding hydrogens is 230 g/mol. The highest BCUT2D eigenvalue weighted by molar-refractivity contribution is 7.09. The number of rotatable bonds is 4. The van der Waals surface area contributed by atoms with E-state index in [4.69, 9.17) is 0 Å². The van der Waals surface area contributed by atoms with E-state index in [1.54, 1.807) is 11.3 Å². The van der Waals surface area contributed by atoms with Gasteiger partial charge in [0.25, 0.3) is 0 Å². The Labute approximate surface area is 107 Å². The van der Waals surface area contributed by atoms with E-state index in [2.05, 4.69) is 27.5 Å². The summed E-state index contributed by atoms with van der Waals surface area (Å²) in [6.45, 7) is 7.25. The van der Waals surface area contributed by atoms with Crippen molar-refractivity contribution in [1.82, 2.24) is 15.2 Å². The highest BCUT2D eigenvalue weighted by Gasteiger charge is 2.33. The number of nitrogens with zero attached hydrogens (tertiary/aromatic N) is 2. The van der Waals surface area contributed by atoms with Crippen LogP contribution in [0.4, 0.5) is 0 Å². The Balaban J connectivity index is 1.51. The summed E-state index contributed by atoms with van der Waals surface area (Å²) in [7, 11) is 0. The molecule has 3 aliphatic heterocycles. The van der Waals surface area contributed by atoms with Gasteiger partial charge in [-0.15, -0.1) is 11.3 Å². The molecule has 0 aliphatic carbocycles. The number of nitrogens with one attached hydrogen (secondary N) is 1. The predicted octanol–water partition coefficient (Wildman–Crippen LogP) is 1.93. The minimum absolute atomic E-state index is 0.547. The molecule has 2 unspecified atom stereocenters. The minimum atomic E-state index is 0.547. The summed E-state index contributed by atoms with van der Waals surface area (Å²) >= 11 is 1.77. The van der Waals surface area contributed by atoms with E-state index in [-0.39, 0.29) is 0 Å². The number of piperidine rings is 3. The van der Waals surface area contributed by atoms with Crippen LogP contribution in [-0.4, -0.2) is 42.1 Å². The SMILES string of the molecule is CC(CNC1CN2CCC1CC2)c1nccs1. The molecule has 3 aliphatic rings. The van der Waals surface area contributed by atoms with Crippen molar-refractivity contribution < 1.29 is 0 Å². The zero-order chi connectivity index (χ0) is 11.7.